The van der Waals surface area contributed by atoms with Crippen LogP contribution in [0.25, 0.3) is 0 Å². The molecule has 0 aromatic rings. The van der Waals surface area contributed by atoms with Gasteiger partial charge in [0.15, 0.2) is 9.84 Å². The van der Waals surface area contributed by atoms with E-state index in [1.807, 2.05) is 25.7 Å². The SMILES string of the molecule is CCC1NC(C(C)C)C(=O)N1CC1CCS(=O)(=O)C1. The topological polar surface area (TPSA) is 66.5 Å². The fraction of sp³-hybridized carbons (Fsp3) is 0.923. The molecule has 1 N–H and O–H groups in total. The third-order valence-corrected chi connectivity index (χ3v) is 5.97. The van der Waals surface area contributed by atoms with Crippen molar-refractivity contribution in [3.63, 3.8) is 0 Å². The first-order valence-electron chi connectivity index (χ1n) is 7.11. The van der Waals surface area contributed by atoms with E-state index < -0.39 is 9.84 Å². The summed E-state index contributed by atoms with van der Waals surface area (Å²) in [6.45, 7) is 6.69. The normalized spacial score (nSPS) is 34.4. The molecule has 6 heteroatoms. The average molecular weight is 288 g/mol. The number of nitrogens with one attached hydrogen (secondary N) is 1. The lowest BCUT2D eigenvalue weighted by Crippen LogP contribution is -2.40. The lowest BCUT2D eigenvalue weighted by Gasteiger charge is -2.25. The minimum atomic E-state index is -2.87. The van der Waals surface area contributed by atoms with Gasteiger partial charge in [-0.05, 0) is 24.7 Å². The van der Waals surface area contributed by atoms with Gasteiger partial charge in [0.25, 0.3) is 0 Å². The van der Waals surface area contributed by atoms with Crippen LogP contribution in [0.3, 0.4) is 0 Å². The molecular weight excluding hydrogens is 264 g/mol. The molecule has 0 aromatic carbocycles. The maximum Gasteiger partial charge on any atom is 0.241 e. The summed E-state index contributed by atoms with van der Waals surface area (Å²) in [5.74, 6) is 1.01. The van der Waals surface area contributed by atoms with Crippen LogP contribution in [-0.2, 0) is 14.6 Å². The standard InChI is InChI=1S/C13H24N2O3S/c1-4-11-14-12(9(2)3)13(16)15(11)7-10-5-6-19(17,18)8-10/h9-12,14H,4-8H2,1-3H3. The van der Waals surface area contributed by atoms with Crippen molar-refractivity contribution < 1.29 is 13.2 Å². The van der Waals surface area contributed by atoms with Gasteiger partial charge >= 0.3 is 0 Å². The van der Waals surface area contributed by atoms with E-state index in [0.29, 0.717) is 13.0 Å². The van der Waals surface area contributed by atoms with Gasteiger partial charge in [0, 0.05) is 6.54 Å². The Morgan fingerprint density at radius 2 is 2.11 bits per heavy atom. The van der Waals surface area contributed by atoms with Crippen molar-refractivity contribution in [1.29, 1.82) is 0 Å². The summed E-state index contributed by atoms with van der Waals surface area (Å²) >= 11 is 0. The Bertz CT molecular complexity index is 447. The Labute approximate surface area is 115 Å². The second-order valence-electron chi connectivity index (χ2n) is 6.07. The largest absolute Gasteiger partial charge is 0.325 e. The highest BCUT2D eigenvalue weighted by Crippen LogP contribution is 2.25. The van der Waals surface area contributed by atoms with Crippen molar-refractivity contribution in [2.45, 2.75) is 45.8 Å². The van der Waals surface area contributed by atoms with Crippen LogP contribution in [0.2, 0.25) is 0 Å². The molecule has 0 radical (unpaired) electrons. The zero-order chi connectivity index (χ0) is 14.2. The van der Waals surface area contributed by atoms with E-state index in [1.165, 1.54) is 0 Å². The third kappa shape index (κ3) is 3.11. The minimum Gasteiger partial charge on any atom is -0.325 e. The summed E-state index contributed by atoms with van der Waals surface area (Å²) in [5, 5.41) is 3.36. The summed E-state index contributed by atoms with van der Waals surface area (Å²) in [5.41, 5.74) is 0. The highest BCUT2D eigenvalue weighted by molar-refractivity contribution is 7.91. The molecule has 2 aliphatic rings. The van der Waals surface area contributed by atoms with Gasteiger partial charge in [-0.25, -0.2) is 8.42 Å². The lowest BCUT2D eigenvalue weighted by atomic mass is 10.0. The van der Waals surface area contributed by atoms with Crippen LogP contribution in [-0.4, -0.2) is 49.5 Å². The van der Waals surface area contributed by atoms with Crippen molar-refractivity contribution in [3.8, 4) is 0 Å². The summed E-state index contributed by atoms with van der Waals surface area (Å²) in [7, 11) is -2.87. The first kappa shape index (κ1) is 14.8. The van der Waals surface area contributed by atoms with Crippen LogP contribution in [0.4, 0.5) is 0 Å². The van der Waals surface area contributed by atoms with Crippen LogP contribution >= 0.6 is 0 Å². The van der Waals surface area contributed by atoms with Gasteiger partial charge in [0.2, 0.25) is 5.91 Å². The zero-order valence-electron chi connectivity index (χ0n) is 11.9. The molecule has 3 atom stereocenters. The Morgan fingerprint density at radius 1 is 1.42 bits per heavy atom. The molecule has 0 spiro atoms. The second-order valence-corrected chi connectivity index (χ2v) is 8.30. The number of nitrogens with zero attached hydrogens (tertiary/aromatic N) is 1. The molecule has 2 aliphatic heterocycles. The number of carbonyl (C=O) groups is 1. The van der Waals surface area contributed by atoms with E-state index in [0.717, 1.165) is 6.42 Å². The summed E-state index contributed by atoms with van der Waals surface area (Å²) in [6, 6.07) is -0.122. The van der Waals surface area contributed by atoms with Gasteiger partial charge in [-0.3, -0.25) is 10.1 Å². The Hall–Kier alpha value is -0.620. The van der Waals surface area contributed by atoms with Crippen LogP contribution in [0.15, 0.2) is 0 Å². The fourth-order valence-electron chi connectivity index (χ4n) is 3.03. The second kappa shape index (κ2) is 5.40. The maximum absolute atomic E-state index is 12.4. The third-order valence-electron chi connectivity index (χ3n) is 4.13. The van der Waals surface area contributed by atoms with Gasteiger partial charge < -0.3 is 4.90 Å². The Morgan fingerprint density at radius 3 is 2.58 bits per heavy atom. The van der Waals surface area contributed by atoms with E-state index >= 15 is 0 Å². The molecule has 19 heavy (non-hydrogen) atoms. The highest BCUT2D eigenvalue weighted by atomic mass is 32.2. The molecule has 0 saturated carbocycles. The van der Waals surface area contributed by atoms with Gasteiger partial charge in [0.05, 0.1) is 23.7 Å². The quantitative estimate of drug-likeness (QED) is 0.823. The van der Waals surface area contributed by atoms with E-state index in [-0.39, 0.29) is 41.5 Å². The van der Waals surface area contributed by atoms with Gasteiger partial charge in [-0.15, -0.1) is 0 Å². The molecule has 2 rings (SSSR count). The van der Waals surface area contributed by atoms with Crippen molar-refractivity contribution in [2.75, 3.05) is 18.1 Å². The van der Waals surface area contributed by atoms with Crippen LogP contribution in [0.1, 0.15) is 33.6 Å². The smallest absolute Gasteiger partial charge is 0.241 e. The number of amides is 1. The highest BCUT2D eigenvalue weighted by Gasteiger charge is 2.41. The summed E-state index contributed by atoms with van der Waals surface area (Å²) in [4.78, 5) is 14.2. The van der Waals surface area contributed by atoms with E-state index in [2.05, 4.69) is 5.32 Å². The molecule has 0 aliphatic carbocycles. The van der Waals surface area contributed by atoms with Crippen LogP contribution < -0.4 is 5.32 Å². The Kier molecular flexibility index (Phi) is 4.20. The molecule has 2 fully saturated rings. The van der Waals surface area contributed by atoms with Gasteiger partial charge in [0.1, 0.15) is 0 Å². The van der Waals surface area contributed by atoms with Crippen molar-refractivity contribution in [1.82, 2.24) is 10.2 Å². The van der Waals surface area contributed by atoms with Crippen molar-refractivity contribution >= 4 is 15.7 Å². The van der Waals surface area contributed by atoms with Crippen molar-refractivity contribution in [3.05, 3.63) is 0 Å². The van der Waals surface area contributed by atoms with Crippen LogP contribution in [0.5, 0.6) is 0 Å². The molecule has 3 unspecified atom stereocenters. The summed E-state index contributed by atoms with van der Waals surface area (Å²) < 4.78 is 23.0. The van der Waals surface area contributed by atoms with E-state index in [1.54, 1.807) is 0 Å². The zero-order valence-corrected chi connectivity index (χ0v) is 12.7. The first-order valence-corrected chi connectivity index (χ1v) is 8.93. The molecular formula is C13H24N2O3S. The average Bonchev–Trinajstić information content (AvgIpc) is 2.81. The monoisotopic (exact) mass is 288 g/mol. The predicted octanol–water partition coefficient (Wildman–Crippen LogP) is 0.614. The molecule has 5 nitrogen and oxygen atoms in total. The number of carbonyl (C=O) groups excluding carboxylic acids is 1. The molecule has 0 aromatic heterocycles. The summed E-state index contributed by atoms with van der Waals surface area (Å²) in [6.07, 6.45) is 1.60. The predicted molar refractivity (Wildman–Crippen MR) is 74.3 cm³/mol. The van der Waals surface area contributed by atoms with Crippen LogP contribution in [0, 0.1) is 11.8 Å². The molecule has 2 heterocycles. The molecule has 110 valence electrons. The number of hydrogen-bond acceptors (Lipinski definition) is 4. The number of hydrogen-bond donors (Lipinski definition) is 1. The maximum atomic E-state index is 12.4. The number of sulfone groups is 1. The fourth-order valence-corrected chi connectivity index (χ4v) is 4.88. The van der Waals surface area contributed by atoms with Gasteiger partial charge in [-0.2, -0.15) is 0 Å². The molecule has 0 bridgehead atoms. The van der Waals surface area contributed by atoms with Crippen molar-refractivity contribution in [2.24, 2.45) is 11.8 Å². The Balaban J connectivity index is 2.04. The minimum absolute atomic E-state index is 0.0585. The van der Waals surface area contributed by atoms with E-state index in [4.69, 9.17) is 0 Å². The first-order chi connectivity index (χ1) is 8.84. The number of rotatable bonds is 4. The molecule has 1 amide bonds. The lowest BCUT2D eigenvalue weighted by molar-refractivity contribution is -0.131. The van der Waals surface area contributed by atoms with Gasteiger partial charge in [-0.1, -0.05) is 20.8 Å². The molecule has 2 saturated heterocycles. The van der Waals surface area contributed by atoms with E-state index in [9.17, 15) is 13.2 Å².